The highest BCUT2D eigenvalue weighted by molar-refractivity contribution is 8.14. The van der Waals surface area contributed by atoms with Crippen LogP contribution in [0.1, 0.15) is 5.56 Å². The Bertz CT molecular complexity index is 487. The number of amides is 1. The minimum Gasteiger partial charge on any atom is -0.480 e. The summed E-state index contributed by atoms with van der Waals surface area (Å²) in [6.45, 7) is -0.365. The summed E-state index contributed by atoms with van der Waals surface area (Å²) in [7, 11) is 0. The summed E-state index contributed by atoms with van der Waals surface area (Å²) < 4.78 is 0. The van der Waals surface area contributed by atoms with Crippen LogP contribution in [0.5, 0.6) is 0 Å². The molecule has 0 aliphatic carbocycles. The number of thioether (sulfide) groups is 1. The number of nitrogens with one attached hydrogen (secondary N) is 1. The Labute approximate surface area is 108 Å². The molecule has 0 saturated carbocycles. The zero-order valence-electron chi connectivity index (χ0n) is 9.50. The van der Waals surface area contributed by atoms with Crippen molar-refractivity contribution in [1.82, 2.24) is 5.32 Å². The van der Waals surface area contributed by atoms with Crippen molar-refractivity contribution in [2.75, 3.05) is 12.3 Å². The minimum atomic E-state index is -1.05. The van der Waals surface area contributed by atoms with E-state index in [0.29, 0.717) is 5.75 Å². The van der Waals surface area contributed by atoms with Crippen LogP contribution in [-0.2, 0) is 9.59 Å². The number of aliphatic carboxylic acids is 1. The smallest absolute Gasteiger partial charge is 0.322 e. The highest BCUT2D eigenvalue weighted by Gasteiger charge is 2.25. The monoisotopic (exact) mass is 264 g/mol. The first-order valence-corrected chi connectivity index (χ1v) is 6.41. The van der Waals surface area contributed by atoms with Gasteiger partial charge in [-0.15, -0.1) is 11.8 Å². The Balaban J connectivity index is 2.00. The van der Waals surface area contributed by atoms with Crippen LogP contribution < -0.4 is 5.32 Å². The molecule has 1 unspecified atom stereocenters. The molecule has 1 aromatic carbocycles. The van der Waals surface area contributed by atoms with E-state index in [4.69, 9.17) is 5.11 Å². The predicted molar refractivity (Wildman–Crippen MR) is 69.9 cm³/mol. The molecule has 1 aliphatic heterocycles. The third-order valence-corrected chi connectivity index (χ3v) is 3.49. The van der Waals surface area contributed by atoms with Gasteiger partial charge in [0.2, 0.25) is 5.91 Å². The molecule has 1 aliphatic rings. The lowest BCUT2D eigenvalue weighted by molar-refractivity contribution is -0.138. The molecule has 2 N–H and O–H groups in total. The standard InChI is InChI=1S/C12H12N2O3S/c15-10(16)6-13-11(17)9-7-18-12(14-9)8-4-2-1-3-5-8/h1-5,9H,6-7H2,(H,13,17)(H,15,16). The molecule has 6 heteroatoms. The fraction of sp³-hybridized carbons (Fsp3) is 0.250. The van der Waals surface area contributed by atoms with Gasteiger partial charge in [-0.1, -0.05) is 30.3 Å². The van der Waals surface area contributed by atoms with Crippen molar-refractivity contribution >= 4 is 28.7 Å². The Kier molecular flexibility index (Phi) is 3.99. The van der Waals surface area contributed by atoms with E-state index in [0.717, 1.165) is 10.6 Å². The van der Waals surface area contributed by atoms with Crippen LogP contribution in [-0.4, -0.2) is 40.4 Å². The number of rotatable bonds is 4. The SMILES string of the molecule is O=C(O)CNC(=O)C1CSC(c2ccccc2)=N1. The van der Waals surface area contributed by atoms with Gasteiger partial charge in [0, 0.05) is 11.3 Å². The lowest BCUT2D eigenvalue weighted by Crippen LogP contribution is -2.37. The Hall–Kier alpha value is -1.82. The number of nitrogens with zero attached hydrogens (tertiary/aromatic N) is 1. The molecule has 0 bridgehead atoms. The van der Waals surface area contributed by atoms with Crippen LogP contribution in [0.2, 0.25) is 0 Å². The maximum atomic E-state index is 11.6. The maximum Gasteiger partial charge on any atom is 0.322 e. The second-order valence-corrected chi connectivity index (χ2v) is 4.75. The van der Waals surface area contributed by atoms with E-state index in [-0.39, 0.29) is 12.5 Å². The lowest BCUT2D eigenvalue weighted by atomic mass is 10.2. The van der Waals surface area contributed by atoms with Crippen molar-refractivity contribution in [1.29, 1.82) is 0 Å². The third kappa shape index (κ3) is 3.10. The number of carboxylic acids is 1. The van der Waals surface area contributed by atoms with Crippen LogP contribution in [0, 0.1) is 0 Å². The highest BCUT2D eigenvalue weighted by Crippen LogP contribution is 2.23. The summed E-state index contributed by atoms with van der Waals surface area (Å²) in [5.74, 6) is -0.840. The summed E-state index contributed by atoms with van der Waals surface area (Å²) >= 11 is 1.51. The average Bonchev–Trinajstić information content (AvgIpc) is 2.86. The van der Waals surface area contributed by atoms with Crippen molar-refractivity contribution in [2.24, 2.45) is 4.99 Å². The normalized spacial score (nSPS) is 18.2. The van der Waals surface area contributed by atoms with E-state index >= 15 is 0 Å². The minimum absolute atomic E-state index is 0.337. The van der Waals surface area contributed by atoms with E-state index in [1.807, 2.05) is 30.3 Å². The summed E-state index contributed by atoms with van der Waals surface area (Å²) in [5, 5.41) is 11.6. The van der Waals surface area contributed by atoms with Crippen LogP contribution in [0.25, 0.3) is 0 Å². The zero-order valence-corrected chi connectivity index (χ0v) is 10.3. The number of carboxylic acid groups (broad SMARTS) is 1. The first kappa shape index (κ1) is 12.6. The van der Waals surface area contributed by atoms with Crippen molar-refractivity contribution in [3.8, 4) is 0 Å². The number of aliphatic imine (C=N–C) groups is 1. The Morgan fingerprint density at radius 3 is 2.78 bits per heavy atom. The second-order valence-electron chi connectivity index (χ2n) is 3.74. The first-order valence-electron chi connectivity index (χ1n) is 5.42. The number of benzene rings is 1. The van der Waals surface area contributed by atoms with Crippen molar-refractivity contribution < 1.29 is 14.7 Å². The molecule has 0 aromatic heterocycles. The van der Waals surface area contributed by atoms with Gasteiger partial charge in [-0.05, 0) is 0 Å². The molecule has 18 heavy (non-hydrogen) atoms. The van der Waals surface area contributed by atoms with Gasteiger partial charge >= 0.3 is 5.97 Å². The molecule has 1 amide bonds. The van der Waals surface area contributed by atoms with E-state index in [2.05, 4.69) is 10.3 Å². The number of carbonyl (C=O) groups is 2. The lowest BCUT2D eigenvalue weighted by Gasteiger charge is -2.04. The van der Waals surface area contributed by atoms with Crippen molar-refractivity contribution in [3.05, 3.63) is 35.9 Å². The van der Waals surface area contributed by atoms with Crippen LogP contribution >= 0.6 is 11.8 Å². The average molecular weight is 264 g/mol. The topological polar surface area (TPSA) is 78.8 Å². The van der Waals surface area contributed by atoms with Gasteiger partial charge in [0.15, 0.2) is 0 Å². The maximum absolute atomic E-state index is 11.6. The molecule has 0 radical (unpaired) electrons. The van der Waals surface area contributed by atoms with E-state index < -0.39 is 12.0 Å². The fourth-order valence-electron chi connectivity index (χ4n) is 1.53. The van der Waals surface area contributed by atoms with Gasteiger partial charge in [-0.3, -0.25) is 14.6 Å². The predicted octanol–water partition coefficient (Wildman–Crippen LogP) is 0.749. The summed E-state index contributed by atoms with van der Waals surface area (Å²) in [6, 6.07) is 9.12. The van der Waals surface area contributed by atoms with E-state index in [1.54, 1.807) is 0 Å². The van der Waals surface area contributed by atoms with Gasteiger partial charge < -0.3 is 10.4 Å². The molecule has 1 heterocycles. The van der Waals surface area contributed by atoms with Crippen molar-refractivity contribution in [3.63, 3.8) is 0 Å². The van der Waals surface area contributed by atoms with Gasteiger partial charge in [-0.25, -0.2) is 0 Å². The largest absolute Gasteiger partial charge is 0.480 e. The molecule has 94 valence electrons. The number of hydrogen-bond donors (Lipinski definition) is 2. The van der Waals surface area contributed by atoms with Gasteiger partial charge in [-0.2, -0.15) is 0 Å². The van der Waals surface area contributed by atoms with E-state index in [1.165, 1.54) is 11.8 Å². The third-order valence-electron chi connectivity index (χ3n) is 2.39. The van der Waals surface area contributed by atoms with E-state index in [9.17, 15) is 9.59 Å². The summed E-state index contributed by atoms with van der Waals surface area (Å²) in [6.07, 6.45) is 0. The quantitative estimate of drug-likeness (QED) is 0.841. The molecule has 5 nitrogen and oxygen atoms in total. The van der Waals surface area contributed by atoms with Crippen LogP contribution in [0.15, 0.2) is 35.3 Å². The van der Waals surface area contributed by atoms with Crippen LogP contribution in [0.4, 0.5) is 0 Å². The van der Waals surface area contributed by atoms with Gasteiger partial charge in [0.25, 0.3) is 0 Å². The number of carbonyl (C=O) groups excluding carboxylic acids is 1. The zero-order chi connectivity index (χ0) is 13.0. The Morgan fingerprint density at radius 2 is 2.11 bits per heavy atom. The molecule has 2 rings (SSSR count). The first-order chi connectivity index (χ1) is 8.66. The molecule has 1 aromatic rings. The molecule has 0 saturated heterocycles. The second kappa shape index (κ2) is 5.68. The Morgan fingerprint density at radius 1 is 1.39 bits per heavy atom. The molecular weight excluding hydrogens is 252 g/mol. The van der Waals surface area contributed by atoms with Crippen LogP contribution in [0.3, 0.4) is 0 Å². The highest BCUT2D eigenvalue weighted by atomic mass is 32.2. The van der Waals surface area contributed by atoms with Crippen molar-refractivity contribution in [2.45, 2.75) is 6.04 Å². The summed E-state index contributed by atoms with van der Waals surface area (Å²) in [5.41, 5.74) is 0.982. The molecular formula is C12H12N2O3S. The molecule has 1 atom stereocenters. The molecule has 0 fully saturated rings. The summed E-state index contributed by atoms with van der Waals surface area (Å²) in [4.78, 5) is 26.3. The fourth-order valence-corrected chi connectivity index (χ4v) is 2.57. The van der Waals surface area contributed by atoms with Gasteiger partial charge in [0.1, 0.15) is 12.6 Å². The van der Waals surface area contributed by atoms with Gasteiger partial charge in [0.05, 0.1) is 5.04 Å². The molecule has 0 spiro atoms. The number of hydrogen-bond acceptors (Lipinski definition) is 4.